The molecule has 0 spiro atoms. The second-order valence-electron chi connectivity index (χ2n) is 13.2. The molecule has 11 nitrogen and oxygen atoms in total. The Morgan fingerprint density at radius 2 is 1.24 bits per heavy atom. The zero-order chi connectivity index (χ0) is 34.4. The molecule has 0 aromatic rings. The van der Waals surface area contributed by atoms with Crippen molar-refractivity contribution in [2.75, 3.05) is 13.1 Å². The van der Waals surface area contributed by atoms with Crippen molar-refractivity contribution in [2.24, 2.45) is 23.7 Å². The fourth-order valence-electron chi connectivity index (χ4n) is 2.29. The number of hydrogen-bond donors (Lipinski definition) is 3. The van der Waals surface area contributed by atoms with Crippen molar-refractivity contribution in [3.8, 4) is 0 Å². The predicted molar refractivity (Wildman–Crippen MR) is 166 cm³/mol. The molecule has 0 aromatic carbocycles. The standard InChI is InChI=1S/C10H17NO4.C9H19NOSi.C6H12O3.C5H10O/c1-7(2)10(3,8(12)13)15-9(14)11-5-4-6-11;1-8(2)9(3,10-4)11-12(5,6)7;1-4(2)6(3,9)5(7)8;1-4(2)5(3)6/h7H,4-6H2,1-3H3,(H,12,13);8H,1-3,5-7H3;4,9H,1-3H3,(H,7,8);4H,1-3H3. The molecule has 1 saturated heterocycles. The lowest BCUT2D eigenvalue weighted by atomic mass is 9.92. The number of carboxylic acid groups (broad SMARTS) is 2. The molecule has 0 aromatic heterocycles. The minimum atomic E-state index is -1.59. The van der Waals surface area contributed by atoms with Crippen LogP contribution in [0.25, 0.3) is 4.85 Å². The molecule has 1 aliphatic heterocycles. The maximum atomic E-state index is 11.5. The van der Waals surface area contributed by atoms with Gasteiger partial charge in [0.15, 0.2) is 13.9 Å². The zero-order valence-electron chi connectivity index (χ0n) is 28.6. The van der Waals surface area contributed by atoms with E-state index in [9.17, 15) is 19.2 Å². The second-order valence-corrected chi connectivity index (χ2v) is 17.6. The highest BCUT2D eigenvalue weighted by Crippen LogP contribution is 2.27. The summed E-state index contributed by atoms with van der Waals surface area (Å²) in [6.45, 7) is 35.5. The number of amides is 1. The molecule has 12 heteroatoms. The molecule has 0 saturated carbocycles. The Kier molecular flexibility index (Phi) is 19.1. The molecule has 0 radical (unpaired) electrons. The number of likely N-dealkylation sites (tertiary alicyclic amines) is 1. The lowest BCUT2D eigenvalue weighted by molar-refractivity contribution is -0.163. The summed E-state index contributed by atoms with van der Waals surface area (Å²) in [4.78, 5) is 47.9. The maximum absolute atomic E-state index is 11.5. The summed E-state index contributed by atoms with van der Waals surface area (Å²) in [5.74, 6) is -2.07. The van der Waals surface area contributed by atoms with E-state index >= 15 is 0 Å². The summed E-state index contributed by atoms with van der Waals surface area (Å²) in [7, 11) is -1.59. The van der Waals surface area contributed by atoms with E-state index in [0.29, 0.717) is 13.1 Å². The number of rotatable bonds is 9. The number of nitrogens with zero attached hydrogens (tertiary/aromatic N) is 2. The van der Waals surface area contributed by atoms with Gasteiger partial charge in [0.1, 0.15) is 5.78 Å². The van der Waals surface area contributed by atoms with Gasteiger partial charge in [-0.1, -0.05) is 55.4 Å². The summed E-state index contributed by atoms with van der Waals surface area (Å²) >= 11 is 0. The van der Waals surface area contributed by atoms with Crippen LogP contribution in [0.1, 0.15) is 89.5 Å². The highest BCUT2D eigenvalue weighted by atomic mass is 28.4. The van der Waals surface area contributed by atoms with Crippen molar-refractivity contribution in [3.63, 3.8) is 0 Å². The molecule has 3 N–H and O–H groups in total. The summed E-state index contributed by atoms with van der Waals surface area (Å²) in [6, 6.07) is 0. The van der Waals surface area contributed by atoms with Gasteiger partial charge >= 0.3 is 23.8 Å². The van der Waals surface area contributed by atoms with Crippen molar-refractivity contribution in [1.29, 1.82) is 0 Å². The van der Waals surface area contributed by atoms with Gasteiger partial charge in [0.2, 0.25) is 5.60 Å². The molecule has 0 bridgehead atoms. The van der Waals surface area contributed by atoms with E-state index in [2.05, 4.69) is 24.5 Å². The Bertz CT molecular complexity index is 917. The molecule has 3 atom stereocenters. The van der Waals surface area contributed by atoms with Crippen LogP contribution < -0.4 is 0 Å². The van der Waals surface area contributed by atoms with Crippen LogP contribution in [0.4, 0.5) is 4.79 Å². The van der Waals surface area contributed by atoms with E-state index in [-0.39, 0.29) is 29.5 Å². The Hall–Kier alpha value is -2.49. The summed E-state index contributed by atoms with van der Waals surface area (Å²) < 4.78 is 10.9. The Labute approximate surface area is 254 Å². The lowest BCUT2D eigenvalue weighted by Crippen LogP contribution is -2.51. The highest BCUT2D eigenvalue weighted by molar-refractivity contribution is 6.69. The quantitative estimate of drug-likeness (QED) is 0.203. The van der Waals surface area contributed by atoms with Crippen LogP contribution in [0.5, 0.6) is 0 Å². The monoisotopic (exact) mass is 618 g/mol. The van der Waals surface area contributed by atoms with Gasteiger partial charge in [-0.2, -0.15) is 0 Å². The minimum absolute atomic E-state index is 0.213. The second kappa shape index (κ2) is 18.2. The van der Waals surface area contributed by atoms with E-state index in [1.54, 1.807) is 34.6 Å². The molecule has 1 rings (SSSR count). The Balaban J connectivity index is -0.000000508. The van der Waals surface area contributed by atoms with Crippen LogP contribution in [0.3, 0.4) is 0 Å². The molecule has 0 aliphatic carbocycles. The van der Waals surface area contributed by atoms with Crippen molar-refractivity contribution < 1.29 is 43.7 Å². The number of Topliss-reactive ketones (excluding diaryl/α,β-unsaturated/α-hetero) is 1. The van der Waals surface area contributed by atoms with Crippen molar-refractivity contribution in [3.05, 3.63) is 11.4 Å². The summed E-state index contributed by atoms with van der Waals surface area (Å²) in [6.07, 6.45) is 0.431. The third-order valence-corrected chi connectivity index (χ3v) is 8.14. The number of hydrogen-bond acceptors (Lipinski definition) is 7. The molecular formula is C30H58N2O9Si. The van der Waals surface area contributed by atoms with Crippen molar-refractivity contribution in [1.82, 2.24) is 4.90 Å². The molecule has 1 heterocycles. The van der Waals surface area contributed by atoms with E-state index in [0.717, 1.165) is 6.42 Å². The number of aliphatic carboxylic acids is 2. The Morgan fingerprint density at radius 1 is 0.833 bits per heavy atom. The summed E-state index contributed by atoms with van der Waals surface area (Å²) in [5, 5.41) is 26.5. The fourth-order valence-corrected chi connectivity index (χ4v) is 3.81. The zero-order valence-corrected chi connectivity index (χ0v) is 29.6. The van der Waals surface area contributed by atoms with Gasteiger partial charge in [0, 0.05) is 31.8 Å². The maximum Gasteiger partial charge on any atom is 0.410 e. The van der Waals surface area contributed by atoms with Gasteiger partial charge in [-0.3, -0.25) is 9.64 Å². The largest absolute Gasteiger partial charge is 0.479 e. The molecule has 246 valence electrons. The highest BCUT2D eigenvalue weighted by Gasteiger charge is 2.43. The van der Waals surface area contributed by atoms with Gasteiger partial charge in [-0.05, 0) is 52.8 Å². The predicted octanol–water partition coefficient (Wildman–Crippen LogP) is 6.17. The number of aliphatic hydroxyl groups is 1. The van der Waals surface area contributed by atoms with Crippen molar-refractivity contribution in [2.45, 2.75) is 126 Å². The van der Waals surface area contributed by atoms with Crippen LogP contribution >= 0.6 is 0 Å². The lowest BCUT2D eigenvalue weighted by Gasteiger charge is -2.35. The third-order valence-electron chi connectivity index (χ3n) is 7.12. The van der Waals surface area contributed by atoms with Crippen LogP contribution in [-0.2, 0) is 23.5 Å². The molecule has 42 heavy (non-hydrogen) atoms. The number of carboxylic acids is 2. The van der Waals surface area contributed by atoms with E-state index in [1.807, 2.05) is 34.6 Å². The van der Waals surface area contributed by atoms with Gasteiger partial charge < -0.3 is 29.4 Å². The fraction of sp³-hybridized carbons (Fsp3) is 0.833. The molecule has 3 unspecified atom stereocenters. The van der Waals surface area contributed by atoms with Crippen LogP contribution in [-0.4, -0.2) is 82.4 Å². The first kappa shape index (κ1) is 44.0. The van der Waals surface area contributed by atoms with Crippen LogP contribution in [0.2, 0.25) is 19.6 Å². The van der Waals surface area contributed by atoms with Crippen LogP contribution in [0, 0.1) is 30.2 Å². The van der Waals surface area contributed by atoms with E-state index in [4.69, 9.17) is 31.1 Å². The van der Waals surface area contributed by atoms with Gasteiger partial charge in [0.25, 0.3) is 0 Å². The van der Waals surface area contributed by atoms with Gasteiger partial charge in [-0.25, -0.2) is 21.0 Å². The summed E-state index contributed by atoms with van der Waals surface area (Å²) in [5.41, 5.74) is -3.64. The molecular weight excluding hydrogens is 560 g/mol. The van der Waals surface area contributed by atoms with Gasteiger partial charge in [-0.15, -0.1) is 0 Å². The number of carbonyl (C=O) groups excluding carboxylic acids is 2. The first-order valence-electron chi connectivity index (χ1n) is 14.4. The molecule has 1 aliphatic rings. The number of carbonyl (C=O) groups is 4. The van der Waals surface area contributed by atoms with Crippen molar-refractivity contribution >= 4 is 32.1 Å². The average Bonchev–Trinajstić information content (AvgIpc) is 2.77. The van der Waals surface area contributed by atoms with E-state index < -0.39 is 43.3 Å². The minimum Gasteiger partial charge on any atom is -0.479 e. The first-order chi connectivity index (χ1) is 18.6. The number of ether oxygens (including phenoxy) is 1. The normalized spacial score (nSPS) is 16.9. The smallest absolute Gasteiger partial charge is 0.410 e. The third kappa shape index (κ3) is 16.2. The molecule has 1 amide bonds. The van der Waals surface area contributed by atoms with E-state index in [1.165, 1.54) is 18.7 Å². The van der Waals surface area contributed by atoms with Crippen LogP contribution in [0.15, 0.2) is 0 Å². The average molecular weight is 619 g/mol. The SMILES string of the molecule is CC(=O)C(C)C.CC(C)C(C)(O)C(=O)O.CC(C)C(C)(OC(=O)N1CCC1)C(=O)O.[C-]#[N+]C(C)(O[Si](C)(C)C)C(C)C. The molecule has 1 fully saturated rings. The topological polar surface area (TPSA) is 155 Å². The number of ketones is 1. The first-order valence-corrected chi connectivity index (χ1v) is 17.8. The van der Waals surface area contributed by atoms with Gasteiger partial charge in [0.05, 0.1) is 5.92 Å². The Morgan fingerprint density at radius 3 is 1.36 bits per heavy atom.